The number of guanidine groups is 1. The second kappa shape index (κ2) is 18.8. The Bertz CT molecular complexity index is 2560. The Morgan fingerprint density at radius 3 is 1.77 bits per heavy atom. The molecule has 0 atom stereocenters. The lowest BCUT2D eigenvalue weighted by Crippen LogP contribution is -2.28. The molecule has 0 spiro atoms. The predicted molar refractivity (Wildman–Crippen MR) is 222 cm³/mol. The van der Waals surface area contributed by atoms with E-state index in [1.807, 2.05) is 80.2 Å². The van der Waals surface area contributed by atoms with E-state index in [1.165, 1.54) is 24.3 Å². The largest absolute Gasteiger partial charge is 0.744 e. The Hall–Kier alpha value is -6.66. The van der Waals surface area contributed by atoms with E-state index < -0.39 is 20.2 Å². The molecule has 6 aromatic rings. The van der Waals surface area contributed by atoms with Gasteiger partial charge in [-0.05, 0) is 99.1 Å². The average molecular weight is 811 g/mol. The number of carbonyl (C=O) groups excluding carboxylic acids is 1. The van der Waals surface area contributed by atoms with Crippen LogP contribution in [-0.4, -0.2) is 43.5 Å². The highest BCUT2D eigenvalue weighted by molar-refractivity contribution is 7.86. The third kappa shape index (κ3) is 13.0. The van der Waals surface area contributed by atoms with Crippen molar-refractivity contribution in [2.45, 2.75) is 30.6 Å². The van der Waals surface area contributed by atoms with Crippen LogP contribution in [0.4, 0.5) is 22.7 Å². The number of carbonyl (C=O) groups is 1. The molecule has 0 saturated heterocycles. The number of nitrogens with two attached hydrogens (primary N) is 3. The molecule has 5 aromatic carbocycles. The number of aromatic nitrogens is 1. The number of hydrogen-bond acceptors (Lipinski definition) is 10. The van der Waals surface area contributed by atoms with Crippen molar-refractivity contribution in [1.29, 1.82) is 0 Å². The summed E-state index contributed by atoms with van der Waals surface area (Å²) in [5.74, 6) is -0.326. The lowest BCUT2D eigenvalue weighted by molar-refractivity contribution is -0.644. The Labute approximate surface area is 331 Å². The first-order valence-corrected chi connectivity index (χ1v) is 19.8. The van der Waals surface area contributed by atoms with Crippen LogP contribution in [0, 0.1) is 13.8 Å². The Balaban J connectivity index is 0.000000265. The summed E-state index contributed by atoms with van der Waals surface area (Å²) in [6.45, 7) is 5.44. The van der Waals surface area contributed by atoms with Gasteiger partial charge in [0.15, 0.2) is 6.20 Å². The molecule has 0 bridgehead atoms. The number of fused-ring (bicyclic) bond motifs is 1. The number of aryl methyl sites for hydroxylation is 3. The van der Waals surface area contributed by atoms with E-state index in [-0.39, 0.29) is 21.7 Å². The molecular weight excluding hydrogens is 769 g/mol. The molecule has 0 aliphatic rings. The molecule has 0 aliphatic carbocycles. The van der Waals surface area contributed by atoms with Crippen molar-refractivity contribution >= 4 is 71.5 Å². The Kier molecular flexibility index (Phi) is 14.2. The molecule has 17 heteroatoms. The monoisotopic (exact) mass is 810 g/mol. The first-order valence-electron chi connectivity index (χ1n) is 17.0. The summed E-state index contributed by atoms with van der Waals surface area (Å²) in [4.78, 5) is 12.4. The third-order valence-electron chi connectivity index (χ3n) is 8.09. The number of hydrogen-bond donors (Lipinski definition) is 6. The van der Waals surface area contributed by atoms with Crippen LogP contribution >= 0.6 is 0 Å². The molecule has 0 unspecified atom stereocenters. The van der Waals surface area contributed by atoms with Crippen molar-refractivity contribution in [3.05, 3.63) is 150 Å². The highest BCUT2D eigenvalue weighted by atomic mass is 32.2. The molecule has 15 nitrogen and oxygen atoms in total. The summed E-state index contributed by atoms with van der Waals surface area (Å²) >= 11 is 0. The normalized spacial score (nSPS) is 11.3. The highest BCUT2D eigenvalue weighted by Gasteiger charge is 2.12. The van der Waals surface area contributed by atoms with E-state index in [1.54, 1.807) is 55.5 Å². The van der Waals surface area contributed by atoms with Gasteiger partial charge in [0.2, 0.25) is 11.5 Å². The summed E-state index contributed by atoms with van der Waals surface area (Å²) in [6, 6.07) is 34.2. The van der Waals surface area contributed by atoms with E-state index in [0.717, 1.165) is 39.0 Å². The number of nitrogen functional groups attached to an aromatic ring is 1. The molecular formula is C40H42N8O7S2. The minimum Gasteiger partial charge on any atom is -0.744 e. The van der Waals surface area contributed by atoms with E-state index in [4.69, 9.17) is 21.8 Å². The summed E-state index contributed by atoms with van der Waals surface area (Å²) in [5, 5.41) is 15.0. The molecule has 1 amide bonds. The lowest BCUT2D eigenvalue weighted by atomic mass is 10.1. The van der Waals surface area contributed by atoms with Crippen LogP contribution in [0.15, 0.2) is 148 Å². The van der Waals surface area contributed by atoms with Crippen molar-refractivity contribution in [3.8, 4) is 0 Å². The topological polar surface area (TPSA) is 259 Å². The zero-order valence-corrected chi connectivity index (χ0v) is 33.0. The van der Waals surface area contributed by atoms with Crippen LogP contribution in [0.5, 0.6) is 0 Å². The van der Waals surface area contributed by atoms with Crippen LogP contribution in [0.25, 0.3) is 10.9 Å². The van der Waals surface area contributed by atoms with Crippen molar-refractivity contribution in [2.75, 3.05) is 16.4 Å². The number of anilines is 4. The molecule has 1 heterocycles. The van der Waals surface area contributed by atoms with E-state index in [9.17, 15) is 26.2 Å². The average Bonchev–Trinajstić information content (AvgIpc) is 3.16. The van der Waals surface area contributed by atoms with Crippen molar-refractivity contribution in [1.82, 2.24) is 0 Å². The van der Waals surface area contributed by atoms with Gasteiger partial charge in [0.1, 0.15) is 17.2 Å². The molecule has 1 aromatic heterocycles. The van der Waals surface area contributed by atoms with Crippen LogP contribution < -0.4 is 32.4 Å². The first kappa shape index (κ1) is 43.1. The second-order valence-electron chi connectivity index (χ2n) is 12.6. The van der Waals surface area contributed by atoms with Crippen molar-refractivity contribution < 1.29 is 35.3 Å². The first-order chi connectivity index (χ1) is 26.8. The van der Waals surface area contributed by atoms with E-state index in [0.29, 0.717) is 22.6 Å². The van der Waals surface area contributed by atoms with Crippen LogP contribution in [0.1, 0.15) is 34.0 Å². The maximum absolute atomic E-state index is 12.7. The van der Waals surface area contributed by atoms with Gasteiger partial charge >= 0.3 is 0 Å². The number of nitrogens with one attached hydrogen (secondary N) is 2. The maximum atomic E-state index is 12.7. The van der Waals surface area contributed by atoms with Crippen LogP contribution in [-0.2, 0) is 27.3 Å². The van der Waals surface area contributed by atoms with Gasteiger partial charge in [0.05, 0.1) is 26.6 Å². The second-order valence-corrected chi connectivity index (χ2v) is 15.4. The fourth-order valence-electron chi connectivity index (χ4n) is 5.00. The fraction of sp³-hybridized carbons (Fsp3) is 0.100. The number of rotatable bonds is 8. The summed E-state index contributed by atoms with van der Waals surface area (Å²) in [5.41, 5.74) is 24.7. The molecule has 57 heavy (non-hydrogen) atoms. The predicted octanol–water partition coefficient (Wildman–Crippen LogP) is 5.38. The number of nitrogens with zero attached hydrogens (tertiary/aromatic N) is 3. The van der Waals surface area contributed by atoms with Gasteiger partial charge in [-0.2, -0.15) is 13.5 Å². The van der Waals surface area contributed by atoms with Gasteiger partial charge in [0.25, 0.3) is 16.0 Å². The summed E-state index contributed by atoms with van der Waals surface area (Å²) in [7, 11) is -6.31. The number of benzene rings is 5. The third-order valence-corrected chi connectivity index (χ3v) is 9.80. The van der Waals surface area contributed by atoms with E-state index >= 15 is 0 Å². The summed E-state index contributed by atoms with van der Waals surface area (Å²) < 4.78 is 62.7. The standard InChI is InChI=1S/C26H26N8O.2C7H8O3S/c1-16(32-33-26(28)29)17-3-5-18(6-4-17)25(35)31-21-10-8-20(9-11-21)30-23-13-14-34(2)24-15-19(27)7-12-22(23)24;2*1-6-2-4-7(5-3-6)11(8,9)10/h3-15H,1-2H3,(H7,27,28,29,30,31,32,33,35);2*2-5H,1H3,(H,8,9,10). The maximum Gasteiger partial charge on any atom is 0.294 e. The van der Waals surface area contributed by atoms with Crippen molar-refractivity contribution in [2.24, 2.45) is 28.7 Å². The van der Waals surface area contributed by atoms with Gasteiger partial charge in [-0.25, -0.2) is 13.0 Å². The van der Waals surface area contributed by atoms with Crippen LogP contribution in [0.3, 0.4) is 0 Å². The number of pyridine rings is 1. The van der Waals surface area contributed by atoms with Gasteiger partial charge < -0.3 is 32.4 Å². The van der Waals surface area contributed by atoms with Gasteiger partial charge in [-0.3, -0.25) is 9.35 Å². The van der Waals surface area contributed by atoms with E-state index in [2.05, 4.69) is 20.8 Å². The zero-order valence-electron chi connectivity index (χ0n) is 31.4. The van der Waals surface area contributed by atoms with Crippen LogP contribution in [0.2, 0.25) is 0 Å². The Morgan fingerprint density at radius 1 is 0.719 bits per heavy atom. The quantitative estimate of drug-likeness (QED) is 0.0284. The molecule has 0 radical (unpaired) electrons. The Morgan fingerprint density at radius 2 is 1.25 bits per heavy atom. The molecule has 0 fully saturated rings. The molecule has 296 valence electrons. The number of amides is 1. The van der Waals surface area contributed by atoms with Gasteiger partial charge in [-0.15, -0.1) is 5.10 Å². The zero-order chi connectivity index (χ0) is 41.9. The molecule has 0 aliphatic heterocycles. The minimum absolute atomic E-state index is 0.0666. The lowest BCUT2D eigenvalue weighted by Gasteiger charge is -2.11. The van der Waals surface area contributed by atoms with Gasteiger partial charge in [-0.1, -0.05) is 47.5 Å². The molecule has 9 N–H and O–H groups in total. The summed E-state index contributed by atoms with van der Waals surface area (Å²) in [6.07, 6.45) is 1.98. The fourth-order valence-corrected chi connectivity index (χ4v) is 5.95. The SMILES string of the molecule is C/C(=N\N=C(N)N)c1ccc(C(=O)Nc2ccc(Nc3cc[n+](C)c4cc(N)ccc34)cc2)cc1.Cc1ccc(S(=O)(=O)O)cc1.Cc1ccc(S(=O)(=O)[O-])cc1. The molecule has 0 saturated carbocycles. The van der Waals surface area contributed by atoms with Gasteiger partial charge in [0, 0.05) is 34.8 Å². The highest BCUT2D eigenvalue weighted by Crippen LogP contribution is 2.26. The smallest absolute Gasteiger partial charge is 0.294 e. The minimum atomic E-state index is -4.27. The van der Waals surface area contributed by atoms with Crippen molar-refractivity contribution in [3.63, 3.8) is 0 Å². The molecule has 6 rings (SSSR count).